The Morgan fingerprint density at radius 1 is 1.03 bits per heavy atom. The lowest BCUT2D eigenvalue weighted by Gasteiger charge is -2.18. The van der Waals surface area contributed by atoms with Crippen molar-refractivity contribution in [3.8, 4) is 28.5 Å². The first-order chi connectivity index (χ1) is 18.6. The predicted molar refractivity (Wildman–Crippen MR) is 145 cm³/mol. The van der Waals surface area contributed by atoms with Crippen molar-refractivity contribution in [3.05, 3.63) is 78.2 Å². The van der Waals surface area contributed by atoms with Gasteiger partial charge in [-0.15, -0.1) is 0 Å². The molecule has 3 heterocycles. The Labute approximate surface area is 219 Å². The molecular formula is C29H28N4O5. The number of nitrogens with zero attached hydrogens (tertiary/aromatic N) is 2. The molecule has 0 aliphatic heterocycles. The minimum absolute atomic E-state index is 0.216. The van der Waals surface area contributed by atoms with Crippen LogP contribution < -0.4 is 19.5 Å². The van der Waals surface area contributed by atoms with Gasteiger partial charge >= 0.3 is 0 Å². The van der Waals surface area contributed by atoms with Crippen molar-refractivity contribution < 1.29 is 24.1 Å². The van der Waals surface area contributed by atoms with Gasteiger partial charge in [0, 0.05) is 40.4 Å². The quantitative estimate of drug-likeness (QED) is 0.272. The zero-order valence-electron chi connectivity index (χ0n) is 21.3. The van der Waals surface area contributed by atoms with Gasteiger partial charge in [0.1, 0.15) is 0 Å². The molecule has 0 aliphatic rings. The van der Waals surface area contributed by atoms with Crippen molar-refractivity contribution in [2.45, 2.75) is 12.5 Å². The van der Waals surface area contributed by atoms with Crippen molar-refractivity contribution in [2.24, 2.45) is 0 Å². The average Bonchev–Trinajstić information content (AvgIpc) is 3.37. The van der Waals surface area contributed by atoms with Crippen LogP contribution in [0, 0.1) is 0 Å². The largest absolute Gasteiger partial charge is 0.493 e. The number of aliphatic hydroxyl groups is 1. The highest BCUT2D eigenvalue weighted by Gasteiger charge is 2.21. The van der Waals surface area contributed by atoms with Crippen LogP contribution in [0.5, 0.6) is 17.2 Å². The zero-order chi connectivity index (χ0) is 26.6. The number of methoxy groups -OCH3 is 3. The van der Waals surface area contributed by atoms with E-state index in [9.17, 15) is 9.90 Å². The maximum atomic E-state index is 13.6. The van der Waals surface area contributed by atoms with Crippen molar-refractivity contribution in [1.29, 1.82) is 0 Å². The van der Waals surface area contributed by atoms with Gasteiger partial charge in [-0.2, -0.15) is 0 Å². The number of ether oxygens (including phenoxy) is 3. The fraction of sp³-hybridized carbons (Fsp3) is 0.207. The summed E-state index contributed by atoms with van der Waals surface area (Å²) in [6.45, 7) is -0.216. The number of aromatic amines is 1. The standard InChI is InChI=1S/C29H28N4O5/c1-36-26-11-17(12-27(37-2)28(26)38-3)25-13-21(22-15-30-9-8-24(22)33-25)29(35)32-19(16-34)10-18-14-31-23-7-5-4-6-20(18)23/h4-9,11-15,19,31,34H,10,16H2,1-3H3,(H,32,35)/t19-/m1/s1. The van der Waals surface area contributed by atoms with Gasteiger partial charge in [0.25, 0.3) is 5.91 Å². The minimum Gasteiger partial charge on any atom is -0.493 e. The van der Waals surface area contributed by atoms with Gasteiger partial charge in [0.05, 0.1) is 50.8 Å². The molecule has 0 saturated carbocycles. The predicted octanol–water partition coefficient (Wildman–Crippen LogP) is 4.14. The lowest BCUT2D eigenvalue weighted by Crippen LogP contribution is -2.39. The number of para-hydroxylation sites is 1. The first-order valence-corrected chi connectivity index (χ1v) is 12.1. The zero-order valence-corrected chi connectivity index (χ0v) is 21.3. The van der Waals surface area contributed by atoms with E-state index in [1.165, 1.54) is 7.11 Å². The highest BCUT2D eigenvalue weighted by Crippen LogP contribution is 2.41. The van der Waals surface area contributed by atoms with Crippen LogP contribution in [0.4, 0.5) is 0 Å². The maximum absolute atomic E-state index is 13.6. The summed E-state index contributed by atoms with van der Waals surface area (Å²) in [5.41, 5.74) is 4.25. The number of pyridine rings is 2. The van der Waals surface area contributed by atoms with Crippen molar-refractivity contribution in [3.63, 3.8) is 0 Å². The highest BCUT2D eigenvalue weighted by atomic mass is 16.5. The second-order valence-electron chi connectivity index (χ2n) is 8.78. The smallest absolute Gasteiger partial charge is 0.252 e. The van der Waals surface area contributed by atoms with Crippen LogP contribution in [0.2, 0.25) is 0 Å². The molecule has 0 fully saturated rings. The Bertz CT molecular complexity index is 1590. The Hall–Kier alpha value is -4.63. The SMILES string of the molecule is COc1cc(-c2cc(C(=O)N[C@@H](CO)Cc3c[nH]c4ccccc34)c3cnccc3n2)cc(OC)c1OC. The van der Waals surface area contributed by atoms with Crippen molar-refractivity contribution in [2.75, 3.05) is 27.9 Å². The molecule has 1 amide bonds. The fourth-order valence-corrected chi connectivity index (χ4v) is 4.62. The van der Waals surface area contributed by atoms with Gasteiger partial charge in [0.2, 0.25) is 5.75 Å². The maximum Gasteiger partial charge on any atom is 0.252 e. The molecule has 0 unspecified atom stereocenters. The Morgan fingerprint density at radius 2 is 1.79 bits per heavy atom. The van der Waals surface area contributed by atoms with Crippen LogP contribution in [-0.4, -0.2) is 59.9 Å². The number of aliphatic hydroxyl groups excluding tert-OH is 1. The Kier molecular flexibility index (Phi) is 7.10. The highest BCUT2D eigenvalue weighted by molar-refractivity contribution is 6.07. The Balaban J connectivity index is 1.51. The second-order valence-corrected chi connectivity index (χ2v) is 8.78. The number of aromatic nitrogens is 3. The molecule has 9 nitrogen and oxygen atoms in total. The summed E-state index contributed by atoms with van der Waals surface area (Å²) < 4.78 is 16.4. The van der Waals surface area contributed by atoms with Gasteiger partial charge < -0.3 is 29.6 Å². The molecule has 1 atom stereocenters. The molecular weight excluding hydrogens is 484 g/mol. The molecule has 0 spiro atoms. The van der Waals surface area contributed by atoms with Gasteiger partial charge in [-0.3, -0.25) is 9.78 Å². The van der Waals surface area contributed by atoms with E-state index < -0.39 is 6.04 Å². The third-order valence-electron chi connectivity index (χ3n) is 6.51. The van der Waals surface area contributed by atoms with Crippen molar-refractivity contribution >= 4 is 27.7 Å². The first kappa shape index (κ1) is 25.0. The van der Waals surface area contributed by atoms with E-state index in [4.69, 9.17) is 19.2 Å². The summed E-state index contributed by atoms with van der Waals surface area (Å²) in [7, 11) is 4.63. The molecule has 5 rings (SSSR count). The van der Waals surface area contributed by atoms with E-state index in [1.807, 2.05) is 30.5 Å². The van der Waals surface area contributed by atoms with Crippen LogP contribution in [0.3, 0.4) is 0 Å². The molecule has 0 saturated heterocycles. The van der Waals surface area contributed by atoms with E-state index in [1.54, 1.807) is 50.9 Å². The van der Waals surface area contributed by atoms with Crippen LogP contribution in [-0.2, 0) is 6.42 Å². The number of benzene rings is 2. The van der Waals surface area contributed by atoms with Crippen LogP contribution in [0.1, 0.15) is 15.9 Å². The number of carbonyl (C=O) groups excluding carboxylic acids is 1. The molecule has 2 aromatic carbocycles. The van der Waals surface area contributed by atoms with Crippen molar-refractivity contribution in [1.82, 2.24) is 20.3 Å². The van der Waals surface area contributed by atoms with Crippen LogP contribution in [0.25, 0.3) is 33.1 Å². The molecule has 9 heteroatoms. The molecule has 3 N–H and O–H groups in total. The summed E-state index contributed by atoms with van der Waals surface area (Å²) >= 11 is 0. The normalized spacial score (nSPS) is 11.9. The summed E-state index contributed by atoms with van der Waals surface area (Å²) in [5, 5.41) is 14.8. The molecule has 194 valence electrons. The van der Waals surface area contributed by atoms with E-state index in [2.05, 4.69) is 15.3 Å². The van der Waals surface area contributed by atoms with E-state index in [0.29, 0.717) is 51.4 Å². The topological polar surface area (TPSA) is 119 Å². The molecule has 3 aromatic heterocycles. The summed E-state index contributed by atoms with van der Waals surface area (Å²) in [6, 6.07) is 14.5. The molecule has 0 radical (unpaired) electrons. The monoisotopic (exact) mass is 512 g/mol. The van der Waals surface area contributed by atoms with E-state index in [0.717, 1.165) is 16.5 Å². The fourth-order valence-electron chi connectivity index (χ4n) is 4.62. The van der Waals surface area contributed by atoms with Gasteiger partial charge in [-0.05, 0) is 42.3 Å². The number of amides is 1. The number of nitrogens with one attached hydrogen (secondary N) is 2. The van der Waals surface area contributed by atoms with Crippen LogP contribution >= 0.6 is 0 Å². The third kappa shape index (κ3) is 4.71. The molecule has 5 aromatic rings. The lowest BCUT2D eigenvalue weighted by atomic mass is 10.0. The summed E-state index contributed by atoms with van der Waals surface area (Å²) in [5.74, 6) is 1.08. The lowest BCUT2D eigenvalue weighted by molar-refractivity contribution is 0.0918. The van der Waals surface area contributed by atoms with Crippen LogP contribution in [0.15, 0.2) is 67.1 Å². The second kappa shape index (κ2) is 10.8. The number of rotatable bonds is 9. The minimum atomic E-state index is -0.494. The number of hydrogen-bond donors (Lipinski definition) is 3. The number of H-pyrrole nitrogens is 1. The number of carbonyl (C=O) groups is 1. The first-order valence-electron chi connectivity index (χ1n) is 12.1. The Morgan fingerprint density at radius 3 is 2.50 bits per heavy atom. The average molecular weight is 513 g/mol. The number of fused-ring (bicyclic) bond motifs is 2. The molecule has 38 heavy (non-hydrogen) atoms. The van der Waals surface area contributed by atoms with E-state index >= 15 is 0 Å². The summed E-state index contributed by atoms with van der Waals surface area (Å²) in [4.78, 5) is 25.8. The van der Waals surface area contributed by atoms with Gasteiger partial charge in [-0.1, -0.05) is 18.2 Å². The summed E-state index contributed by atoms with van der Waals surface area (Å²) in [6.07, 6.45) is 5.62. The third-order valence-corrected chi connectivity index (χ3v) is 6.51. The van der Waals surface area contributed by atoms with E-state index in [-0.39, 0.29) is 12.5 Å². The number of hydrogen-bond acceptors (Lipinski definition) is 7. The molecule has 0 aliphatic carbocycles. The molecule has 0 bridgehead atoms. The van der Waals surface area contributed by atoms with Gasteiger partial charge in [-0.25, -0.2) is 4.98 Å². The van der Waals surface area contributed by atoms with Gasteiger partial charge in [0.15, 0.2) is 11.5 Å².